The molecule has 0 spiro atoms. The number of fused-ring (bicyclic) bond motifs is 1. The fourth-order valence-electron chi connectivity index (χ4n) is 5.71. The van der Waals surface area contributed by atoms with Gasteiger partial charge in [0.1, 0.15) is 11.6 Å². The van der Waals surface area contributed by atoms with Crippen molar-refractivity contribution in [3.8, 4) is 0 Å². The van der Waals surface area contributed by atoms with Gasteiger partial charge in [-0.05, 0) is 58.1 Å². The average Bonchev–Trinajstić information content (AvgIpc) is 3.28. The number of benzene rings is 1. The van der Waals surface area contributed by atoms with Gasteiger partial charge in [-0.1, -0.05) is 49.1 Å². The van der Waals surface area contributed by atoms with E-state index in [1.165, 1.54) is 44.1 Å². The molecule has 1 atom stereocenters. The van der Waals surface area contributed by atoms with Crippen LogP contribution in [0.2, 0.25) is 0 Å². The Kier molecular flexibility index (Phi) is 5.79. The van der Waals surface area contributed by atoms with Crippen LogP contribution in [0.3, 0.4) is 0 Å². The van der Waals surface area contributed by atoms with Crippen LogP contribution in [0.1, 0.15) is 85.6 Å². The lowest BCUT2D eigenvalue weighted by molar-refractivity contribution is -0.119. The molecule has 3 heterocycles. The van der Waals surface area contributed by atoms with Crippen LogP contribution in [0.15, 0.2) is 24.3 Å². The molecule has 0 bridgehead atoms. The quantitative estimate of drug-likeness (QED) is 0.698. The van der Waals surface area contributed by atoms with Gasteiger partial charge in [0.05, 0.1) is 12.6 Å². The van der Waals surface area contributed by atoms with Gasteiger partial charge in [-0.3, -0.25) is 14.6 Å². The molecule has 5 heteroatoms. The molecule has 5 nitrogen and oxygen atoms in total. The number of amides is 1. The molecular weight excluding hydrogens is 384 g/mol. The lowest BCUT2D eigenvalue weighted by atomic mass is 9.93. The first kappa shape index (κ1) is 20.6. The minimum Gasteiger partial charge on any atom is -0.292 e. The Morgan fingerprint density at radius 2 is 1.71 bits per heavy atom. The first-order valence-corrected chi connectivity index (χ1v) is 12.1. The Balaban J connectivity index is 1.47. The number of aryl methyl sites for hydroxylation is 2. The van der Waals surface area contributed by atoms with Crippen molar-refractivity contribution in [2.75, 3.05) is 11.4 Å². The van der Waals surface area contributed by atoms with E-state index in [0.717, 1.165) is 47.8 Å². The van der Waals surface area contributed by atoms with Crippen LogP contribution < -0.4 is 4.90 Å². The van der Waals surface area contributed by atoms with Gasteiger partial charge in [0, 0.05) is 23.7 Å². The highest BCUT2D eigenvalue weighted by Crippen LogP contribution is 2.38. The van der Waals surface area contributed by atoms with Crippen molar-refractivity contribution in [2.45, 2.75) is 90.3 Å². The summed E-state index contributed by atoms with van der Waals surface area (Å²) in [4.78, 5) is 27.6. The molecule has 3 aliphatic rings. The molecule has 31 heavy (non-hydrogen) atoms. The highest BCUT2D eigenvalue weighted by Gasteiger charge is 2.36. The zero-order valence-electron chi connectivity index (χ0n) is 18.9. The van der Waals surface area contributed by atoms with Crippen LogP contribution in [-0.4, -0.2) is 33.4 Å². The normalized spacial score (nSPS) is 22.7. The van der Waals surface area contributed by atoms with Crippen LogP contribution in [0.25, 0.3) is 0 Å². The SMILES string of the molecule is Cc1ccc(CN2C(=O)CCc3c(C)nc(C4CCCN4C4CCCCC4)nc32)cc1. The smallest absolute Gasteiger partial charge is 0.228 e. The van der Waals surface area contributed by atoms with Gasteiger partial charge in [0.15, 0.2) is 0 Å². The van der Waals surface area contributed by atoms with Gasteiger partial charge in [0.25, 0.3) is 0 Å². The van der Waals surface area contributed by atoms with Gasteiger partial charge in [-0.25, -0.2) is 9.97 Å². The molecule has 1 amide bonds. The van der Waals surface area contributed by atoms with E-state index in [2.05, 4.69) is 43.0 Å². The second kappa shape index (κ2) is 8.70. The summed E-state index contributed by atoms with van der Waals surface area (Å²) in [6.45, 7) is 5.93. The Morgan fingerprint density at radius 1 is 0.935 bits per heavy atom. The second-order valence-corrected chi connectivity index (χ2v) is 9.62. The van der Waals surface area contributed by atoms with Crippen LogP contribution in [0, 0.1) is 13.8 Å². The molecule has 2 aliphatic heterocycles. The van der Waals surface area contributed by atoms with E-state index < -0.39 is 0 Å². The Morgan fingerprint density at radius 3 is 2.48 bits per heavy atom. The minimum atomic E-state index is 0.174. The molecule has 1 unspecified atom stereocenters. The van der Waals surface area contributed by atoms with Gasteiger partial charge in [-0.15, -0.1) is 0 Å². The van der Waals surface area contributed by atoms with Crippen LogP contribution in [-0.2, 0) is 17.8 Å². The number of likely N-dealkylation sites (tertiary alicyclic amines) is 1. The predicted molar refractivity (Wildman–Crippen MR) is 123 cm³/mol. The van der Waals surface area contributed by atoms with E-state index in [0.29, 0.717) is 25.0 Å². The van der Waals surface area contributed by atoms with Crippen molar-refractivity contribution in [3.63, 3.8) is 0 Å². The first-order chi connectivity index (χ1) is 15.1. The summed E-state index contributed by atoms with van der Waals surface area (Å²) in [5, 5.41) is 0. The third-order valence-electron chi connectivity index (χ3n) is 7.45. The topological polar surface area (TPSA) is 49.3 Å². The molecule has 1 saturated carbocycles. The molecule has 0 radical (unpaired) electrons. The van der Waals surface area contributed by atoms with Crippen molar-refractivity contribution < 1.29 is 4.79 Å². The summed E-state index contributed by atoms with van der Waals surface area (Å²) in [7, 11) is 0. The van der Waals surface area contributed by atoms with E-state index in [9.17, 15) is 4.79 Å². The van der Waals surface area contributed by atoms with Gasteiger partial charge in [0.2, 0.25) is 5.91 Å². The minimum absolute atomic E-state index is 0.174. The van der Waals surface area contributed by atoms with E-state index in [1.807, 2.05) is 4.90 Å². The number of hydrogen-bond donors (Lipinski definition) is 0. The Hall–Kier alpha value is -2.27. The number of hydrogen-bond acceptors (Lipinski definition) is 4. The summed E-state index contributed by atoms with van der Waals surface area (Å²) >= 11 is 0. The maximum atomic E-state index is 12.9. The predicted octanol–water partition coefficient (Wildman–Crippen LogP) is 5.04. The summed E-state index contributed by atoms with van der Waals surface area (Å²) in [5.74, 6) is 1.96. The molecule has 0 N–H and O–H groups in total. The largest absolute Gasteiger partial charge is 0.292 e. The highest BCUT2D eigenvalue weighted by atomic mass is 16.2. The van der Waals surface area contributed by atoms with E-state index in [-0.39, 0.29) is 5.91 Å². The first-order valence-electron chi connectivity index (χ1n) is 12.1. The maximum absolute atomic E-state index is 12.9. The fourth-order valence-corrected chi connectivity index (χ4v) is 5.71. The summed E-state index contributed by atoms with van der Waals surface area (Å²) < 4.78 is 0. The summed E-state index contributed by atoms with van der Waals surface area (Å²) in [6.07, 6.45) is 10.3. The third kappa shape index (κ3) is 4.12. The van der Waals surface area contributed by atoms with Crippen LogP contribution in [0.5, 0.6) is 0 Å². The Bertz CT molecular complexity index is 949. The zero-order valence-corrected chi connectivity index (χ0v) is 18.9. The number of nitrogens with zero attached hydrogens (tertiary/aromatic N) is 4. The molecule has 1 aromatic heterocycles. The van der Waals surface area contributed by atoms with Crippen molar-refractivity contribution in [1.29, 1.82) is 0 Å². The van der Waals surface area contributed by atoms with Crippen molar-refractivity contribution in [2.24, 2.45) is 0 Å². The standard InChI is InChI=1S/C26H34N4O/c1-18-10-12-20(13-11-18)17-30-24(31)15-14-22-19(2)27-25(28-26(22)30)23-9-6-16-29(23)21-7-4-3-5-8-21/h10-13,21,23H,3-9,14-17H2,1-2H3. The van der Waals surface area contributed by atoms with Gasteiger partial charge in [-0.2, -0.15) is 0 Å². The number of anilines is 1. The number of rotatable bonds is 4. The molecule has 1 aliphatic carbocycles. The van der Waals surface area contributed by atoms with Crippen LogP contribution >= 0.6 is 0 Å². The number of aromatic nitrogens is 2. The number of carbonyl (C=O) groups is 1. The van der Waals surface area contributed by atoms with E-state index >= 15 is 0 Å². The molecule has 2 fully saturated rings. The number of carbonyl (C=O) groups excluding carboxylic acids is 1. The van der Waals surface area contributed by atoms with Gasteiger partial charge < -0.3 is 0 Å². The third-order valence-corrected chi connectivity index (χ3v) is 7.45. The summed E-state index contributed by atoms with van der Waals surface area (Å²) in [6, 6.07) is 9.43. The summed E-state index contributed by atoms with van der Waals surface area (Å²) in [5.41, 5.74) is 4.59. The average molecular weight is 419 g/mol. The Labute approximate surface area is 185 Å². The van der Waals surface area contributed by atoms with Crippen molar-refractivity contribution in [3.05, 3.63) is 52.5 Å². The maximum Gasteiger partial charge on any atom is 0.228 e. The fraction of sp³-hybridized carbons (Fsp3) is 0.577. The van der Waals surface area contributed by atoms with Crippen LogP contribution in [0.4, 0.5) is 5.82 Å². The zero-order chi connectivity index (χ0) is 21.4. The van der Waals surface area contributed by atoms with Crippen molar-refractivity contribution >= 4 is 11.7 Å². The molecular formula is C26H34N4O. The van der Waals surface area contributed by atoms with Gasteiger partial charge >= 0.3 is 0 Å². The van der Waals surface area contributed by atoms with Crippen molar-refractivity contribution in [1.82, 2.24) is 14.9 Å². The molecule has 164 valence electrons. The highest BCUT2D eigenvalue weighted by molar-refractivity contribution is 5.95. The van der Waals surface area contributed by atoms with E-state index in [1.54, 1.807) is 0 Å². The molecule has 2 aromatic rings. The van der Waals surface area contributed by atoms with E-state index in [4.69, 9.17) is 9.97 Å². The second-order valence-electron chi connectivity index (χ2n) is 9.62. The molecule has 1 aromatic carbocycles. The lowest BCUT2D eigenvalue weighted by Gasteiger charge is -2.36. The molecule has 1 saturated heterocycles. The lowest BCUT2D eigenvalue weighted by Crippen LogP contribution is -2.39. The monoisotopic (exact) mass is 418 g/mol. The molecule has 5 rings (SSSR count).